The van der Waals surface area contributed by atoms with Crippen LogP contribution in [-0.4, -0.2) is 43.8 Å². The number of carbonyl (C=O) groups is 1. The number of hydrogen-bond donors (Lipinski definition) is 0. The summed E-state index contributed by atoms with van der Waals surface area (Å²) in [5, 5.41) is 0.385. The minimum atomic E-state index is -0.412. The Hall–Kier alpha value is -2.09. The molecule has 0 aliphatic carbocycles. The molecule has 3 heterocycles. The molecule has 1 aliphatic heterocycles. The van der Waals surface area contributed by atoms with Gasteiger partial charge in [0.15, 0.2) is 0 Å². The molecule has 8 heteroatoms. The minimum absolute atomic E-state index is 0.0825. The Morgan fingerprint density at radius 3 is 2.61 bits per heavy atom. The van der Waals surface area contributed by atoms with Crippen molar-refractivity contribution in [2.75, 3.05) is 18.8 Å². The molecule has 1 amide bonds. The third-order valence-electron chi connectivity index (χ3n) is 4.11. The van der Waals surface area contributed by atoms with Gasteiger partial charge in [0.05, 0.1) is 11.1 Å². The third kappa shape index (κ3) is 2.78. The molecule has 7 nitrogen and oxygen atoms in total. The molecular formula is C15H18N4O3S. The molecule has 3 rings (SSSR count). The fourth-order valence-corrected chi connectivity index (χ4v) is 3.72. The Kier molecular flexibility index (Phi) is 4.25. The van der Waals surface area contributed by atoms with E-state index in [0.29, 0.717) is 15.9 Å². The van der Waals surface area contributed by atoms with Crippen LogP contribution in [-0.2, 0) is 18.9 Å². The normalized spacial score (nSPS) is 14.6. The highest BCUT2D eigenvalue weighted by Gasteiger charge is 2.19. The van der Waals surface area contributed by atoms with Gasteiger partial charge in [-0.1, -0.05) is 0 Å². The van der Waals surface area contributed by atoms with E-state index in [1.165, 1.54) is 23.4 Å². The Bertz CT molecular complexity index is 881. The van der Waals surface area contributed by atoms with Crippen LogP contribution in [0.15, 0.2) is 26.7 Å². The topological polar surface area (TPSA) is 77.2 Å². The van der Waals surface area contributed by atoms with Gasteiger partial charge in [-0.15, -0.1) is 11.8 Å². The SMILES string of the molecule is Cn1c(=O)c2c(SCC(=O)N3CCCC3)ccnc2n(C)c1=O. The lowest BCUT2D eigenvalue weighted by atomic mass is 10.3. The molecule has 0 saturated carbocycles. The van der Waals surface area contributed by atoms with Crippen LogP contribution < -0.4 is 11.2 Å². The van der Waals surface area contributed by atoms with E-state index in [0.717, 1.165) is 30.5 Å². The van der Waals surface area contributed by atoms with Crippen LogP contribution in [0.25, 0.3) is 11.0 Å². The summed E-state index contributed by atoms with van der Waals surface area (Å²) < 4.78 is 2.42. The number of fused-ring (bicyclic) bond motifs is 1. The lowest BCUT2D eigenvalue weighted by Crippen LogP contribution is -2.37. The van der Waals surface area contributed by atoms with Crippen molar-refractivity contribution in [3.63, 3.8) is 0 Å². The highest BCUT2D eigenvalue weighted by Crippen LogP contribution is 2.24. The monoisotopic (exact) mass is 334 g/mol. The van der Waals surface area contributed by atoms with Crippen LogP contribution >= 0.6 is 11.8 Å². The van der Waals surface area contributed by atoms with E-state index >= 15 is 0 Å². The fraction of sp³-hybridized carbons (Fsp3) is 0.467. The number of aromatic nitrogens is 3. The molecule has 0 N–H and O–H groups in total. The second kappa shape index (κ2) is 6.19. The summed E-state index contributed by atoms with van der Waals surface area (Å²) in [5.41, 5.74) is -0.450. The largest absolute Gasteiger partial charge is 0.342 e. The molecule has 122 valence electrons. The van der Waals surface area contributed by atoms with Gasteiger partial charge in [0.1, 0.15) is 5.65 Å². The number of hydrogen-bond acceptors (Lipinski definition) is 5. The average molecular weight is 334 g/mol. The van der Waals surface area contributed by atoms with Gasteiger partial charge in [-0.05, 0) is 18.9 Å². The van der Waals surface area contributed by atoms with E-state index in [2.05, 4.69) is 4.98 Å². The number of pyridine rings is 1. The summed E-state index contributed by atoms with van der Waals surface area (Å²) >= 11 is 1.32. The maximum absolute atomic E-state index is 12.4. The van der Waals surface area contributed by atoms with E-state index < -0.39 is 5.69 Å². The van der Waals surface area contributed by atoms with Crippen molar-refractivity contribution in [2.24, 2.45) is 14.1 Å². The van der Waals surface area contributed by atoms with Crippen molar-refractivity contribution in [2.45, 2.75) is 17.7 Å². The minimum Gasteiger partial charge on any atom is -0.342 e. The quantitative estimate of drug-likeness (QED) is 0.757. The summed E-state index contributed by atoms with van der Waals surface area (Å²) in [6.45, 7) is 1.62. The van der Waals surface area contributed by atoms with Crippen molar-refractivity contribution in [3.8, 4) is 0 Å². The van der Waals surface area contributed by atoms with E-state index in [1.807, 2.05) is 4.90 Å². The number of likely N-dealkylation sites (tertiary alicyclic amines) is 1. The van der Waals surface area contributed by atoms with Crippen LogP contribution in [0.4, 0.5) is 0 Å². The van der Waals surface area contributed by atoms with Gasteiger partial charge >= 0.3 is 5.69 Å². The first-order chi connectivity index (χ1) is 11.0. The molecular weight excluding hydrogens is 316 g/mol. The van der Waals surface area contributed by atoms with Crippen LogP contribution in [0.2, 0.25) is 0 Å². The summed E-state index contributed by atoms with van der Waals surface area (Å²) in [6.07, 6.45) is 3.67. The molecule has 1 aliphatic rings. The van der Waals surface area contributed by atoms with Gasteiger partial charge in [-0.2, -0.15) is 0 Å². The second-order valence-electron chi connectivity index (χ2n) is 5.59. The lowest BCUT2D eigenvalue weighted by molar-refractivity contribution is -0.127. The molecule has 0 aromatic carbocycles. The summed E-state index contributed by atoms with van der Waals surface area (Å²) in [4.78, 5) is 43.3. The first kappa shape index (κ1) is 15.8. The van der Waals surface area contributed by atoms with E-state index in [-0.39, 0.29) is 17.2 Å². The highest BCUT2D eigenvalue weighted by molar-refractivity contribution is 8.00. The van der Waals surface area contributed by atoms with E-state index in [9.17, 15) is 14.4 Å². The zero-order chi connectivity index (χ0) is 16.6. The molecule has 2 aromatic heterocycles. The molecule has 0 atom stereocenters. The van der Waals surface area contributed by atoms with Crippen LogP contribution in [0.1, 0.15) is 12.8 Å². The van der Waals surface area contributed by atoms with Gasteiger partial charge in [0, 0.05) is 38.3 Å². The Labute approximate surface area is 136 Å². The Morgan fingerprint density at radius 2 is 1.91 bits per heavy atom. The average Bonchev–Trinajstić information content (AvgIpc) is 3.10. The number of amides is 1. The third-order valence-corrected chi connectivity index (χ3v) is 5.16. The number of thioether (sulfide) groups is 1. The van der Waals surface area contributed by atoms with E-state index in [1.54, 1.807) is 19.3 Å². The standard InChI is InChI=1S/C15H18N4O3S/c1-17-13-12(14(21)18(2)15(17)22)10(5-6-16-13)23-9-11(20)19-7-3-4-8-19/h5-6H,3-4,7-9H2,1-2H3. The zero-order valence-electron chi connectivity index (χ0n) is 13.1. The molecule has 23 heavy (non-hydrogen) atoms. The van der Waals surface area contributed by atoms with Crippen LogP contribution in [0, 0.1) is 0 Å². The molecule has 0 bridgehead atoms. The molecule has 0 radical (unpaired) electrons. The zero-order valence-corrected chi connectivity index (χ0v) is 13.9. The number of aryl methyl sites for hydroxylation is 1. The van der Waals surface area contributed by atoms with Gasteiger partial charge in [0.25, 0.3) is 5.56 Å². The van der Waals surface area contributed by atoms with E-state index in [4.69, 9.17) is 0 Å². The van der Waals surface area contributed by atoms with Crippen LogP contribution in [0.5, 0.6) is 0 Å². The number of rotatable bonds is 3. The highest BCUT2D eigenvalue weighted by atomic mass is 32.2. The van der Waals surface area contributed by atoms with Gasteiger partial charge in [0.2, 0.25) is 5.91 Å². The number of carbonyl (C=O) groups excluding carboxylic acids is 1. The maximum atomic E-state index is 12.4. The summed E-state index contributed by atoms with van der Waals surface area (Å²) in [7, 11) is 3.03. The van der Waals surface area contributed by atoms with Gasteiger partial charge in [-0.3, -0.25) is 18.7 Å². The smallest absolute Gasteiger partial charge is 0.332 e. The predicted octanol–water partition coefficient (Wildman–Crippen LogP) is 0.347. The predicted molar refractivity (Wildman–Crippen MR) is 88.8 cm³/mol. The van der Waals surface area contributed by atoms with Gasteiger partial charge in [-0.25, -0.2) is 9.78 Å². The summed E-state index contributed by atoms with van der Waals surface area (Å²) in [5.74, 6) is 0.365. The maximum Gasteiger partial charge on any atom is 0.332 e. The molecule has 0 unspecified atom stereocenters. The second-order valence-corrected chi connectivity index (χ2v) is 6.61. The van der Waals surface area contributed by atoms with Crippen molar-refractivity contribution in [3.05, 3.63) is 33.1 Å². The lowest BCUT2D eigenvalue weighted by Gasteiger charge is -2.15. The molecule has 1 fully saturated rings. The van der Waals surface area contributed by atoms with Crippen molar-refractivity contribution in [1.29, 1.82) is 0 Å². The molecule has 2 aromatic rings. The Balaban J connectivity index is 1.97. The summed E-state index contributed by atoms with van der Waals surface area (Å²) in [6, 6.07) is 1.72. The Morgan fingerprint density at radius 1 is 1.22 bits per heavy atom. The first-order valence-electron chi connectivity index (χ1n) is 7.46. The first-order valence-corrected chi connectivity index (χ1v) is 8.44. The van der Waals surface area contributed by atoms with Gasteiger partial charge < -0.3 is 4.90 Å². The molecule has 1 saturated heterocycles. The number of nitrogens with zero attached hydrogens (tertiary/aromatic N) is 4. The van der Waals surface area contributed by atoms with Crippen molar-refractivity contribution in [1.82, 2.24) is 19.0 Å². The fourth-order valence-electron chi connectivity index (χ4n) is 2.78. The van der Waals surface area contributed by atoms with Crippen LogP contribution in [0.3, 0.4) is 0 Å². The van der Waals surface area contributed by atoms with Crippen molar-refractivity contribution < 1.29 is 4.79 Å². The molecule has 0 spiro atoms. The van der Waals surface area contributed by atoms with Crippen molar-refractivity contribution >= 4 is 28.7 Å².